The Balaban J connectivity index is 2.02. The van der Waals surface area contributed by atoms with Gasteiger partial charge in [0, 0.05) is 6.42 Å². The van der Waals surface area contributed by atoms with Crippen LogP contribution in [0, 0.1) is 17.3 Å². The number of cyclic esters (lactones) is 1. The Morgan fingerprint density at radius 3 is 2.58 bits per heavy atom. The number of hydrogen-bond donors (Lipinski definition) is 1. The molecule has 0 amide bonds. The summed E-state index contributed by atoms with van der Waals surface area (Å²) in [6.07, 6.45) is 1.41. The van der Waals surface area contributed by atoms with Crippen molar-refractivity contribution in [1.82, 2.24) is 0 Å². The van der Waals surface area contributed by atoms with Crippen LogP contribution in [0.1, 0.15) is 25.8 Å². The van der Waals surface area contributed by atoms with Gasteiger partial charge in [-0.05, 0) is 12.0 Å². The molecule has 100 valence electrons. The van der Waals surface area contributed by atoms with Gasteiger partial charge in [0.1, 0.15) is 6.61 Å². The summed E-state index contributed by atoms with van der Waals surface area (Å²) in [5, 5.41) is 10.3. The molecule has 1 N–H and O–H groups in total. The van der Waals surface area contributed by atoms with Crippen LogP contribution < -0.4 is 0 Å². The van der Waals surface area contributed by atoms with Gasteiger partial charge in [-0.25, -0.2) is 4.79 Å². The van der Waals surface area contributed by atoms with Crippen LogP contribution in [0.25, 0.3) is 0 Å². The van der Waals surface area contributed by atoms with Gasteiger partial charge in [-0.1, -0.05) is 56.0 Å². The molecule has 0 spiro atoms. The number of carbonyl (C=O) groups is 1. The highest BCUT2D eigenvalue weighted by molar-refractivity contribution is 5.86. The van der Waals surface area contributed by atoms with E-state index >= 15 is 0 Å². The lowest BCUT2D eigenvalue weighted by molar-refractivity contribution is -0.150. The maximum absolute atomic E-state index is 11.6. The Kier molecular flexibility index (Phi) is 3.64. The smallest absolute Gasteiger partial charge is 0.351 e. The van der Waals surface area contributed by atoms with Gasteiger partial charge in [0.2, 0.25) is 5.60 Å². The molecule has 2 rings (SSSR count). The molecule has 0 bridgehead atoms. The summed E-state index contributed by atoms with van der Waals surface area (Å²) in [5.41, 5.74) is -1.15. The van der Waals surface area contributed by atoms with Crippen molar-refractivity contribution in [3.8, 4) is 11.8 Å². The van der Waals surface area contributed by atoms with Gasteiger partial charge < -0.3 is 9.84 Å². The molecule has 3 nitrogen and oxygen atoms in total. The van der Waals surface area contributed by atoms with Crippen LogP contribution in [-0.2, 0) is 16.0 Å². The Bertz CT molecular complexity index is 522. The molecule has 1 aliphatic heterocycles. The van der Waals surface area contributed by atoms with E-state index < -0.39 is 17.0 Å². The first-order valence-corrected chi connectivity index (χ1v) is 6.39. The van der Waals surface area contributed by atoms with Crippen molar-refractivity contribution in [2.45, 2.75) is 32.3 Å². The van der Waals surface area contributed by atoms with Gasteiger partial charge in [0.05, 0.1) is 5.41 Å². The Morgan fingerprint density at radius 1 is 1.32 bits per heavy atom. The second-order valence-corrected chi connectivity index (χ2v) is 5.46. The maximum Gasteiger partial charge on any atom is 0.351 e. The summed E-state index contributed by atoms with van der Waals surface area (Å²) >= 11 is 0. The molecule has 1 aliphatic rings. The first-order valence-electron chi connectivity index (χ1n) is 6.39. The summed E-state index contributed by atoms with van der Waals surface area (Å²) in [5.74, 6) is 4.97. The van der Waals surface area contributed by atoms with Gasteiger partial charge in [-0.3, -0.25) is 0 Å². The Hall–Kier alpha value is -1.79. The van der Waals surface area contributed by atoms with Crippen molar-refractivity contribution in [1.29, 1.82) is 0 Å². The minimum atomic E-state index is -1.68. The van der Waals surface area contributed by atoms with E-state index in [4.69, 9.17) is 4.74 Å². The summed E-state index contributed by atoms with van der Waals surface area (Å²) in [4.78, 5) is 11.6. The molecule has 0 aliphatic carbocycles. The molecule has 0 unspecified atom stereocenters. The number of aryl methyl sites for hydroxylation is 1. The Morgan fingerprint density at radius 2 is 2.00 bits per heavy atom. The van der Waals surface area contributed by atoms with E-state index in [9.17, 15) is 9.90 Å². The lowest BCUT2D eigenvalue weighted by Gasteiger charge is -2.25. The van der Waals surface area contributed by atoms with Gasteiger partial charge >= 0.3 is 5.97 Å². The zero-order valence-corrected chi connectivity index (χ0v) is 11.3. The lowest BCUT2D eigenvalue weighted by atomic mass is 9.78. The summed E-state index contributed by atoms with van der Waals surface area (Å²) < 4.78 is 4.91. The second kappa shape index (κ2) is 5.07. The number of hydrogen-bond acceptors (Lipinski definition) is 3. The van der Waals surface area contributed by atoms with Crippen molar-refractivity contribution in [3.05, 3.63) is 35.9 Å². The van der Waals surface area contributed by atoms with Gasteiger partial charge in [0.25, 0.3) is 0 Å². The fraction of sp³-hybridized carbons (Fsp3) is 0.438. The van der Waals surface area contributed by atoms with Crippen LogP contribution in [-0.4, -0.2) is 23.3 Å². The predicted octanol–water partition coefficient (Wildman–Crippen LogP) is 1.94. The van der Waals surface area contributed by atoms with Gasteiger partial charge in [-0.15, -0.1) is 0 Å². The van der Waals surface area contributed by atoms with E-state index in [1.165, 1.54) is 5.56 Å². The summed E-state index contributed by atoms with van der Waals surface area (Å²) in [6.45, 7) is 3.77. The molecule has 0 aromatic heterocycles. The van der Waals surface area contributed by atoms with Crippen LogP contribution in [0.2, 0.25) is 0 Å². The quantitative estimate of drug-likeness (QED) is 0.651. The molecule has 19 heavy (non-hydrogen) atoms. The summed E-state index contributed by atoms with van der Waals surface area (Å²) in [6, 6.07) is 9.99. The zero-order chi connectivity index (χ0) is 13.9. The van der Waals surface area contributed by atoms with Crippen LogP contribution in [0.3, 0.4) is 0 Å². The topological polar surface area (TPSA) is 46.5 Å². The molecule has 0 radical (unpaired) electrons. The standard InChI is InChI=1S/C16H18O3/c1-15(2)12-19-14(17)16(15,18)11-7-6-10-13-8-4-3-5-9-13/h3-5,8-9,18H,6,10,12H2,1-2H3/t16-/m1/s1. The molecule has 1 atom stereocenters. The molecule has 1 heterocycles. The third-order valence-corrected chi connectivity index (χ3v) is 3.49. The Labute approximate surface area is 113 Å². The minimum absolute atomic E-state index is 0.204. The first kappa shape index (κ1) is 13.6. The largest absolute Gasteiger partial charge is 0.462 e. The average Bonchev–Trinajstić information content (AvgIpc) is 2.60. The molecule has 1 saturated heterocycles. The van der Waals surface area contributed by atoms with Crippen LogP contribution in [0.15, 0.2) is 30.3 Å². The highest BCUT2D eigenvalue weighted by Crippen LogP contribution is 2.37. The fourth-order valence-electron chi connectivity index (χ4n) is 1.99. The molecule has 0 saturated carbocycles. The number of rotatable bonds is 2. The van der Waals surface area contributed by atoms with E-state index in [-0.39, 0.29) is 6.61 Å². The van der Waals surface area contributed by atoms with Crippen molar-refractivity contribution < 1.29 is 14.6 Å². The predicted molar refractivity (Wildman–Crippen MR) is 72.2 cm³/mol. The van der Waals surface area contributed by atoms with Crippen molar-refractivity contribution in [3.63, 3.8) is 0 Å². The van der Waals surface area contributed by atoms with Crippen molar-refractivity contribution in [2.24, 2.45) is 5.41 Å². The van der Waals surface area contributed by atoms with E-state index in [0.717, 1.165) is 6.42 Å². The van der Waals surface area contributed by atoms with Crippen molar-refractivity contribution in [2.75, 3.05) is 6.61 Å². The molecule has 1 fully saturated rings. The van der Waals surface area contributed by atoms with Crippen LogP contribution in [0.5, 0.6) is 0 Å². The number of esters is 1. The normalized spacial score (nSPS) is 24.5. The maximum atomic E-state index is 11.6. The van der Waals surface area contributed by atoms with Crippen molar-refractivity contribution >= 4 is 5.97 Å². The SMILES string of the molecule is CC1(C)COC(=O)[C@]1(O)C#CCCc1ccccc1. The number of benzene rings is 1. The van der Waals surface area contributed by atoms with Gasteiger partial charge in [0.15, 0.2) is 0 Å². The lowest BCUT2D eigenvalue weighted by Crippen LogP contribution is -2.45. The molecule has 3 heteroatoms. The number of ether oxygens (including phenoxy) is 1. The number of aliphatic hydroxyl groups is 1. The minimum Gasteiger partial charge on any atom is -0.462 e. The molecule has 1 aromatic rings. The van der Waals surface area contributed by atoms with Gasteiger partial charge in [-0.2, -0.15) is 0 Å². The fourth-order valence-corrected chi connectivity index (χ4v) is 1.99. The molecular formula is C16H18O3. The third-order valence-electron chi connectivity index (χ3n) is 3.49. The second-order valence-electron chi connectivity index (χ2n) is 5.46. The van der Waals surface area contributed by atoms with E-state index in [0.29, 0.717) is 6.42 Å². The third kappa shape index (κ3) is 2.64. The molecule has 1 aromatic carbocycles. The zero-order valence-electron chi connectivity index (χ0n) is 11.3. The highest BCUT2D eigenvalue weighted by atomic mass is 16.6. The molecular weight excluding hydrogens is 240 g/mol. The number of carbonyl (C=O) groups excluding carboxylic acids is 1. The highest BCUT2D eigenvalue weighted by Gasteiger charge is 2.56. The van der Waals surface area contributed by atoms with E-state index in [1.54, 1.807) is 13.8 Å². The van der Waals surface area contributed by atoms with E-state index in [1.807, 2.05) is 30.3 Å². The van der Waals surface area contributed by atoms with Crippen LogP contribution >= 0.6 is 0 Å². The monoisotopic (exact) mass is 258 g/mol. The van der Waals surface area contributed by atoms with Crippen LogP contribution in [0.4, 0.5) is 0 Å². The summed E-state index contributed by atoms with van der Waals surface area (Å²) in [7, 11) is 0. The first-order chi connectivity index (χ1) is 8.96. The average molecular weight is 258 g/mol. The van der Waals surface area contributed by atoms with E-state index in [2.05, 4.69) is 11.8 Å².